The monoisotopic (exact) mass is 742 g/mol. The molecule has 16 heteroatoms. The predicted molar refractivity (Wildman–Crippen MR) is 184 cm³/mol. The fourth-order valence-electron chi connectivity index (χ4n) is 4.41. The standard InChI is InChI=1S/C15H12BrN3O3S.C15H12ClN3O3S/c1-2-22-15(21)11-9-10(13(17)23-12(9)16)14(20)19(18-11)8-6-4-3-5-7-8;1-2-22-15(21)12-10-7-23-13(17)11(10)14(20)19(18-12)9-5-3-8(16)4-6-9/h2*3-7H,2,17H2,1H3. The van der Waals surface area contributed by atoms with Crippen LogP contribution >= 0.6 is 50.2 Å². The molecule has 4 heterocycles. The molecule has 6 aromatic rings. The van der Waals surface area contributed by atoms with Crippen LogP contribution in [0.3, 0.4) is 0 Å². The second-order valence-electron chi connectivity index (χ2n) is 9.26. The van der Waals surface area contributed by atoms with Crippen LogP contribution in [-0.4, -0.2) is 44.7 Å². The third-order valence-corrected chi connectivity index (χ3v) is 9.18. The first kappa shape index (κ1) is 32.8. The highest BCUT2D eigenvalue weighted by Gasteiger charge is 2.24. The molecule has 46 heavy (non-hydrogen) atoms. The molecule has 4 N–H and O–H groups in total. The van der Waals surface area contributed by atoms with Gasteiger partial charge >= 0.3 is 11.9 Å². The minimum atomic E-state index is -0.599. The maximum absolute atomic E-state index is 12.7. The Balaban J connectivity index is 0.000000181. The molecule has 2 aromatic carbocycles. The zero-order valence-corrected chi connectivity index (χ0v) is 28.1. The van der Waals surface area contributed by atoms with Crippen LogP contribution < -0.4 is 22.6 Å². The van der Waals surface area contributed by atoms with Crippen LogP contribution in [0.5, 0.6) is 0 Å². The summed E-state index contributed by atoms with van der Waals surface area (Å²) in [7, 11) is 0. The third-order valence-electron chi connectivity index (χ3n) is 6.43. The first-order valence-electron chi connectivity index (χ1n) is 13.5. The topological polar surface area (TPSA) is 174 Å². The van der Waals surface area contributed by atoms with Crippen molar-refractivity contribution in [1.29, 1.82) is 0 Å². The average Bonchev–Trinajstić information content (AvgIpc) is 3.58. The van der Waals surface area contributed by atoms with Gasteiger partial charge in [-0.2, -0.15) is 19.6 Å². The lowest BCUT2D eigenvalue weighted by molar-refractivity contribution is 0.0510. The predicted octanol–water partition coefficient (Wildman–Crippen LogP) is 5.83. The zero-order chi connectivity index (χ0) is 33.1. The number of nitrogen functional groups attached to an aromatic ring is 2. The number of carbonyl (C=O) groups is 2. The summed E-state index contributed by atoms with van der Waals surface area (Å²) in [4.78, 5) is 49.8. The van der Waals surface area contributed by atoms with E-state index in [1.807, 2.05) is 6.07 Å². The number of hydrogen-bond acceptors (Lipinski definition) is 12. The molecule has 0 atom stereocenters. The van der Waals surface area contributed by atoms with Gasteiger partial charge in [0, 0.05) is 21.2 Å². The number of thiophene rings is 2. The van der Waals surface area contributed by atoms with E-state index in [0.29, 0.717) is 41.0 Å². The molecule has 0 spiro atoms. The number of ether oxygens (including phenoxy) is 2. The molecular weight excluding hydrogens is 720 g/mol. The van der Waals surface area contributed by atoms with Gasteiger partial charge in [0.05, 0.1) is 44.1 Å². The lowest BCUT2D eigenvalue weighted by Gasteiger charge is -2.09. The minimum Gasteiger partial charge on any atom is -0.461 e. The number of aromatic nitrogens is 4. The Bertz CT molecular complexity index is 2210. The van der Waals surface area contributed by atoms with Gasteiger partial charge in [0.25, 0.3) is 11.1 Å². The van der Waals surface area contributed by atoms with Crippen molar-refractivity contribution in [2.75, 3.05) is 24.7 Å². The van der Waals surface area contributed by atoms with Crippen molar-refractivity contribution < 1.29 is 19.1 Å². The van der Waals surface area contributed by atoms with Gasteiger partial charge in [-0.05, 0) is 66.2 Å². The average molecular weight is 744 g/mol. The first-order chi connectivity index (χ1) is 22.1. The highest BCUT2D eigenvalue weighted by molar-refractivity contribution is 9.11. The first-order valence-corrected chi connectivity index (χ1v) is 16.4. The summed E-state index contributed by atoms with van der Waals surface area (Å²) in [5.74, 6) is -1.20. The molecule has 0 saturated heterocycles. The molecule has 0 unspecified atom stereocenters. The number of benzene rings is 2. The van der Waals surface area contributed by atoms with Crippen molar-refractivity contribution in [1.82, 2.24) is 19.6 Å². The number of hydrogen-bond donors (Lipinski definition) is 2. The normalized spacial score (nSPS) is 10.9. The number of carbonyl (C=O) groups excluding carboxylic acids is 2. The number of nitrogens with zero attached hydrogens (tertiary/aromatic N) is 4. The van der Waals surface area contributed by atoms with E-state index in [1.54, 1.807) is 67.8 Å². The van der Waals surface area contributed by atoms with Gasteiger partial charge in [0.1, 0.15) is 5.00 Å². The number of nitrogens with two attached hydrogens (primary N) is 2. The molecule has 12 nitrogen and oxygen atoms in total. The van der Waals surface area contributed by atoms with Crippen LogP contribution in [0.4, 0.5) is 10.0 Å². The number of para-hydroxylation sites is 1. The van der Waals surface area contributed by atoms with E-state index >= 15 is 0 Å². The number of anilines is 2. The number of halogens is 2. The molecule has 0 saturated carbocycles. The van der Waals surface area contributed by atoms with E-state index in [1.165, 1.54) is 27.4 Å². The maximum atomic E-state index is 12.7. The smallest absolute Gasteiger partial charge is 0.359 e. The molecule has 0 amide bonds. The molecule has 236 valence electrons. The van der Waals surface area contributed by atoms with Crippen LogP contribution in [0, 0.1) is 0 Å². The van der Waals surface area contributed by atoms with Gasteiger partial charge in [0.2, 0.25) is 0 Å². The summed E-state index contributed by atoms with van der Waals surface area (Å²) in [6.45, 7) is 3.83. The van der Waals surface area contributed by atoms with E-state index in [2.05, 4.69) is 26.1 Å². The fourth-order valence-corrected chi connectivity index (χ4v) is 7.02. The summed E-state index contributed by atoms with van der Waals surface area (Å²) < 4.78 is 13.0. The number of fused-ring (bicyclic) bond motifs is 2. The van der Waals surface area contributed by atoms with Crippen LogP contribution in [0.25, 0.3) is 32.9 Å². The summed E-state index contributed by atoms with van der Waals surface area (Å²) in [6.07, 6.45) is 0. The molecule has 0 bridgehead atoms. The van der Waals surface area contributed by atoms with Gasteiger partial charge in [-0.15, -0.1) is 22.7 Å². The van der Waals surface area contributed by atoms with Crippen molar-refractivity contribution in [3.05, 3.63) is 101 Å². The molecule has 6 rings (SSSR count). The minimum absolute atomic E-state index is 0.0596. The SMILES string of the molecule is CCOC(=O)c1nn(-c2ccc(Cl)cc2)c(=O)c2c(N)scc12.CCOC(=O)c1nn(-c2ccccc2)c(=O)c2c(N)sc(Br)c12. The molecule has 0 aliphatic rings. The molecule has 0 aliphatic carbocycles. The molecule has 4 aromatic heterocycles. The lowest BCUT2D eigenvalue weighted by atomic mass is 10.2. The van der Waals surface area contributed by atoms with Gasteiger partial charge < -0.3 is 20.9 Å². The second kappa shape index (κ2) is 13.8. The fraction of sp³-hybridized carbons (Fsp3) is 0.133. The van der Waals surface area contributed by atoms with Crippen molar-refractivity contribution in [2.24, 2.45) is 0 Å². The van der Waals surface area contributed by atoms with E-state index < -0.39 is 17.5 Å². The Morgan fingerprint density at radius 1 is 0.804 bits per heavy atom. The summed E-state index contributed by atoms with van der Waals surface area (Å²) in [5, 5.41) is 12.5. The Morgan fingerprint density at radius 3 is 1.96 bits per heavy atom. The Hall–Kier alpha value is -4.57. The zero-order valence-electron chi connectivity index (χ0n) is 24.2. The third kappa shape index (κ3) is 6.26. The van der Waals surface area contributed by atoms with E-state index in [9.17, 15) is 19.2 Å². The second-order valence-corrected chi connectivity index (χ2v) is 13.0. The van der Waals surface area contributed by atoms with Crippen LogP contribution in [0.1, 0.15) is 34.8 Å². The maximum Gasteiger partial charge on any atom is 0.359 e. The largest absolute Gasteiger partial charge is 0.461 e. The number of rotatable bonds is 6. The summed E-state index contributed by atoms with van der Waals surface area (Å²) in [6, 6.07) is 15.4. The van der Waals surface area contributed by atoms with E-state index in [-0.39, 0.29) is 40.9 Å². The van der Waals surface area contributed by atoms with Gasteiger partial charge in [-0.3, -0.25) is 9.59 Å². The van der Waals surface area contributed by atoms with Gasteiger partial charge in [-0.25, -0.2) is 9.59 Å². The van der Waals surface area contributed by atoms with Gasteiger partial charge in [0.15, 0.2) is 11.4 Å². The van der Waals surface area contributed by atoms with Crippen molar-refractivity contribution in [3.8, 4) is 11.4 Å². The molecular formula is C30H24BrClN6O6S2. The van der Waals surface area contributed by atoms with Gasteiger partial charge in [-0.1, -0.05) is 29.8 Å². The molecule has 0 fully saturated rings. The molecule has 0 radical (unpaired) electrons. The Morgan fingerprint density at radius 2 is 1.35 bits per heavy atom. The summed E-state index contributed by atoms with van der Waals surface area (Å²) in [5.41, 5.74) is 12.2. The molecule has 0 aliphatic heterocycles. The quantitative estimate of drug-likeness (QED) is 0.198. The van der Waals surface area contributed by atoms with Crippen LogP contribution in [-0.2, 0) is 9.47 Å². The van der Waals surface area contributed by atoms with Crippen LogP contribution in [0.15, 0.2) is 73.4 Å². The van der Waals surface area contributed by atoms with E-state index in [4.69, 9.17) is 32.5 Å². The highest BCUT2D eigenvalue weighted by Crippen LogP contribution is 2.37. The van der Waals surface area contributed by atoms with Crippen molar-refractivity contribution >= 4 is 93.7 Å². The van der Waals surface area contributed by atoms with Crippen molar-refractivity contribution in [3.63, 3.8) is 0 Å². The summed E-state index contributed by atoms with van der Waals surface area (Å²) >= 11 is 11.6. The van der Waals surface area contributed by atoms with Crippen molar-refractivity contribution in [2.45, 2.75) is 13.8 Å². The lowest BCUT2D eigenvalue weighted by Crippen LogP contribution is -2.25. The van der Waals surface area contributed by atoms with Crippen LogP contribution in [0.2, 0.25) is 5.02 Å². The Kier molecular flexibility index (Phi) is 9.86. The number of esters is 2. The highest BCUT2D eigenvalue weighted by atomic mass is 79.9. The van der Waals surface area contributed by atoms with E-state index in [0.717, 1.165) is 4.68 Å². The Labute approximate surface area is 281 Å².